The van der Waals surface area contributed by atoms with Crippen molar-refractivity contribution in [3.8, 4) is 0 Å². The first kappa shape index (κ1) is 17.2. The Kier molecular flexibility index (Phi) is 5.48. The fourth-order valence-corrected chi connectivity index (χ4v) is 2.49. The molecule has 1 amide bonds. The summed E-state index contributed by atoms with van der Waals surface area (Å²) in [5, 5.41) is 8.92. The fraction of sp³-hybridized carbons (Fsp3) is 0.429. The molecule has 1 unspecified atom stereocenters. The van der Waals surface area contributed by atoms with E-state index in [2.05, 4.69) is 0 Å². The quantitative estimate of drug-likeness (QED) is 0.857. The van der Waals surface area contributed by atoms with Crippen LogP contribution in [0.3, 0.4) is 0 Å². The van der Waals surface area contributed by atoms with E-state index in [1.807, 2.05) is 6.92 Å². The average molecular weight is 313 g/mol. The summed E-state index contributed by atoms with van der Waals surface area (Å²) in [4.78, 5) is 24.6. The fourth-order valence-electron chi connectivity index (χ4n) is 1.82. The van der Waals surface area contributed by atoms with E-state index in [1.54, 1.807) is 6.92 Å². The van der Waals surface area contributed by atoms with Gasteiger partial charge in [0.25, 0.3) is 5.91 Å². The number of aliphatic carboxylic acids is 1. The van der Waals surface area contributed by atoms with Crippen molar-refractivity contribution >= 4 is 21.7 Å². The smallest absolute Gasteiger partial charge is 0.323 e. The number of carbonyl (C=O) groups excluding carboxylic acids is 1. The van der Waals surface area contributed by atoms with Gasteiger partial charge in [0.1, 0.15) is 6.54 Å². The van der Waals surface area contributed by atoms with Crippen molar-refractivity contribution in [2.75, 3.05) is 12.8 Å². The first-order chi connectivity index (χ1) is 9.66. The summed E-state index contributed by atoms with van der Waals surface area (Å²) in [5.41, 5.74) is 0.166. The Morgan fingerprint density at radius 2 is 1.95 bits per heavy atom. The van der Waals surface area contributed by atoms with E-state index < -0.39 is 28.3 Å². The topological polar surface area (TPSA) is 91.8 Å². The first-order valence-corrected chi connectivity index (χ1v) is 8.38. The van der Waals surface area contributed by atoms with E-state index in [4.69, 9.17) is 5.11 Å². The number of hydrogen-bond acceptors (Lipinski definition) is 4. The molecule has 21 heavy (non-hydrogen) atoms. The lowest BCUT2D eigenvalue weighted by molar-refractivity contribution is -0.138. The molecule has 0 fully saturated rings. The Labute approximate surface area is 124 Å². The van der Waals surface area contributed by atoms with Crippen LogP contribution in [-0.4, -0.2) is 49.1 Å². The number of carboxylic acid groups (broad SMARTS) is 1. The Morgan fingerprint density at radius 3 is 2.43 bits per heavy atom. The highest BCUT2D eigenvalue weighted by Crippen LogP contribution is 2.15. The summed E-state index contributed by atoms with van der Waals surface area (Å²) in [6, 6.07) is 5.37. The highest BCUT2D eigenvalue weighted by molar-refractivity contribution is 7.90. The van der Waals surface area contributed by atoms with Crippen LogP contribution in [0, 0.1) is 0 Å². The van der Waals surface area contributed by atoms with Gasteiger partial charge in [-0.3, -0.25) is 9.59 Å². The molecule has 0 radical (unpaired) electrons. The van der Waals surface area contributed by atoms with Crippen LogP contribution >= 0.6 is 0 Å². The average Bonchev–Trinajstić information content (AvgIpc) is 2.42. The summed E-state index contributed by atoms with van der Waals surface area (Å²) >= 11 is 0. The maximum Gasteiger partial charge on any atom is 0.323 e. The number of nitrogens with zero attached hydrogens (tertiary/aromatic N) is 1. The molecule has 7 heteroatoms. The molecule has 0 aliphatic heterocycles. The molecule has 1 rings (SSSR count). The molecule has 0 aromatic heterocycles. The van der Waals surface area contributed by atoms with E-state index in [1.165, 1.54) is 29.2 Å². The molecule has 0 aliphatic rings. The standard InChI is InChI=1S/C14H19NO5S/c1-4-10(2)15(9-13(16)17)14(18)11-6-5-7-12(8-11)21(3,19)20/h5-8,10H,4,9H2,1-3H3,(H,16,17). The lowest BCUT2D eigenvalue weighted by atomic mass is 10.1. The molecule has 1 aromatic carbocycles. The molecular weight excluding hydrogens is 294 g/mol. The molecule has 0 saturated carbocycles. The number of carboxylic acids is 1. The number of benzene rings is 1. The molecule has 0 heterocycles. The number of hydrogen-bond donors (Lipinski definition) is 1. The first-order valence-electron chi connectivity index (χ1n) is 6.49. The molecule has 0 aliphatic carbocycles. The minimum Gasteiger partial charge on any atom is -0.480 e. The van der Waals surface area contributed by atoms with Crippen LogP contribution in [-0.2, 0) is 14.6 Å². The van der Waals surface area contributed by atoms with Crippen molar-refractivity contribution in [2.24, 2.45) is 0 Å². The van der Waals surface area contributed by atoms with Crippen LogP contribution < -0.4 is 0 Å². The normalized spacial score (nSPS) is 12.7. The van der Waals surface area contributed by atoms with Gasteiger partial charge in [0.15, 0.2) is 9.84 Å². The van der Waals surface area contributed by atoms with Gasteiger partial charge in [0.2, 0.25) is 0 Å². The van der Waals surface area contributed by atoms with Gasteiger partial charge in [-0.15, -0.1) is 0 Å². The van der Waals surface area contributed by atoms with Gasteiger partial charge in [-0.25, -0.2) is 8.42 Å². The SMILES string of the molecule is CCC(C)N(CC(=O)O)C(=O)c1cccc(S(C)(=O)=O)c1. The van der Waals surface area contributed by atoms with Crippen molar-refractivity contribution < 1.29 is 23.1 Å². The largest absolute Gasteiger partial charge is 0.480 e. The Hall–Kier alpha value is -1.89. The molecule has 116 valence electrons. The second-order valence-electron chi connectivity index (χ2n) is 4.88. The molecule has 6 nitrogen and oxygen atoms in total. The van der Waals surface area contributed by atoms with Crippen molar-refractivity contribution in [1.29, 1.82) is 0 Å². The number of rotatable bonds is 6. The molecule has 0 saturated heterocycles. The van der Waals surface area contributed by atoms with Gasteiger partial charge in [-0.2, -0.15) is 0 Å². The van der Waals surface area contributed by atoms with E-state index in [-0.39, 0.29) is 16.5 Å². The lowest BCUT2D eigenvalue weighted by Gasteiger charge is -2.27. The lowest BCUT2D eigenvalue weighted by Crippen LogP contribution is -2.41. The van der Waals surface area contributed by atoms with Gasteiger partial charge in [-0.05, 0) is 31.5 Å². The zero-order valence-corrected chi connectivity index (χ0v) is 13.1. The van der Waals surface area contributed by atoms with E-state index in [9.17, 15) is 18.0 Å². The molecule has 1 atom stereocenters. The predicted octanol–water partition coefficient (Wildman–Crippen LogP) is 1.42. The maximum absolute atomic E-state index is 12.4. The van der Waals surface area contributed by atoms with Gasteiger partial charge in [0.05, 0.1) is 4.90 Å². The van der Waals surface area contributed by atoms with Gasteiger partial charge in [-0.1, -0.05) is 13.0 Å². The van der Waals surface area contributed by atoms with Gasteiger partial charge >= 0.3 is 5.97 Å². The summed E-state index contributed by atoms with van der Waals surface area (Å²) in [6.07, 6.45) is 1.66. The van der Waals surface area contributed by atoms with E-state index in [0.29, 0.717) is 6.42 Å². The number of carbonyl (C=O) groups is 2. The monoisotopic (exact) mass is 313 g/mol. The third-order valence-electron chi connectivity index (χ3n) is 3.20. The van der Waals surface area contributed by atoms with Crippen LogP contribution in [0.1, 0.15) is 30.6 Å². The zero-order valence-electron chi connectivity index (χ0n) is 12.2. The van der Waals surface area contributed by atoms with Gasteiger partial charge < -0.3 is 10.0 Å². The molecule has 0 spiro atoms. The highest BCUT2D eigenvalue weighted by atomic mass is 32.2. The summed E-state index contributed by atoms with van der Waals surface area (Å²) in [6.45, 7) is 3.18. The number of sulfone groups is 1. The molecule has 1 N–H and O–H groups in total. The Balaban J connectivity index is 3.18. The Morgan fingerprint density at radius 1 is 1.33 bits per heavy atom. The van der Waals surface area contributed by atoms with Crippen molar-refractivity contribution in [2.45, 2.75) is 31.2 Å². The van der Waals surface area contributed by atoms with Crippen LogP contribution in [0.15, 0.2) is 29.2 Å². The van der Waals surface area contributed by atoms with Crippen LogP contribution in [0.5, 0.6) is 0 Å². The van der Waals surface area contributed by atoms with E-state index >= 15 is 0 Å². The maximum atomic E-state index is 12.4. The third-order valence-corrected chi connectivity index (χ3v) is 4.31. The Bertz CT molecular complexity index is 639. The molecular formula is C14H19NO5S. The molecule has 0 bridgehead atoms. The second-order valence-corrected chi connectivity index (χ2v) is 6.90. The summed E-state index contributed by atoms with van der Waals surface area (Å²) in [5.74, 6) is -1.60. The minimum absolute atomic E-state index is 0.0350. The van der Waals surface area contributed by atoms with Crippen molar-refractivity contribution in [3.05, 3.63) is 29.8 Å². The van der Waals surface area contributed by atoms with Crippen LogP contribution in [0.4, 0.5) is 0 Å². The van der Waals surface area contributed by atoms with E-state index in [0.717, 1.165) is 6.26 Å². The predicted molar refractivity (Wildman–Crippen MR) is 78.0 cm³/mol. The summed E-state index contributed by atoms with van der Waals surface area (Å²) in [7, 11) is -3.42. The number of amides is 1. The van der Waals surface area contributed by atoms with Crippen LogP contribution in [0.25, 0.3) is 0 Å². The van der Waals surface area contributed by atoms with Crippen LogP contribution in [0.2, 0.25) is 0 Å². The third kappa shape index (κ3) is 4.56. The highest BCUT2D eigenvalue weighted by Gasteiger charge is 2.23. The van der Waals surface area contributed by atoms with Crippen molar-refractivity contribution in [1.82, 2.24) is 4.90 Å². The minimum atomic E-state index is -3.42. The van der Waals surface area contributed by atoms with Gasteiger partial charge in [0, 0.05) is 17.9 Å². The molecule has 1 aromatic rings. The summed E-state index contributed by atoms with van der Waals surface area (Å²) < 4.78 is 23.1. The zero-order chi connectivity index (χ0) is 16.2. The van der Waals surface area contributed by atoms with Crippen molar-refractivity contribution in [3.63, 3.8) is 0 Å². The second kappa shape index (κ2) is 6.71.